The maximum absolute atomic E-state index is 5.85. The van der Waals surface area contributed by atoms with Crippen LogP contribution in [0.4, 0.5) is 0 Å². The number of benzene rings is 1. The van der Waals surface area contributed by atoms with E-state index in [0.29, 0.717) is 30.7 Å². The Balaban J connectivity index is 1.54. The molecule has 0 spiro atoms. The van der Waals surface area contributed by atoms with E-state index in [1.165, 1.54) is 0 Å². The molecule has 2 atom stereocenters. The second-order valence-electron chi connectivity index (χ2n) is 4.92. The van der Waals surface area contributed by atoms with Crippen LogP contribution in [0.1, 0.15) is 30.2 Å². The number of nitrogens with zero attached hydrogens (tertiary/aromatic N) is 2. The standard InChI is InChI=1S/C14H14N2O4/c1-2-4-11-10(3-1)18-8-12(19-11)13-15-14(20-16-13)9-5-6-17-7-9/h1-4,9,12H,5-8H2/t9-,12-/m0/s1. The van der Waals surface area contributed by atoms with Crippen LogP contribution in [0.25, 0.3) is 0 Å². The van der Waals surface area contributed by atoms with E-state index in [9.17, 15) is 0 Å². The van der Waals surface area contributed by atoms with Crippen LogP contribution in [0, 0.1) is 0 Å². The van der Waals surface area contributed by atoms with E-state index >= 15 is 0 Å². The minimum atomic E-state index is -0.329. The molecular formula is C14H14N2O4. The quantitative estimate of drug-likeness (QED) is 0.835. The van der Waals surface area contributed by atoms with Crippen LogP contribution < -0.4 is 9.47 Å². The van der Waals surface area contributed by atoms with Gasteiger partial charge in [0.25, 0.3) is 0 Å². The maximum atomic E-state index is 5.85. The summed E-state index contributed by atoms with van der Waals surface area (Å²) in [6.45, 7) is 1.78. The van der Waals surface area contributed by atoms with Crippen molar-refractivity contribution in [3.63, 3.8) is 0 Å². The summed E-state index contributed by atoms with van der Waals surface area (Å²) in [5.41, 5.74) is 0. The lowest BCUT2D eigenvalue weighted by molar-refractivity contribution is 0.0832. The lowest BCUT2D eigenvalue weighted by Crippen LogP contribution is -2.22. The van der Waals surface area contributed by atoms with Crippen molar-refractivity contribution < 1.29 is 18.7 Å². The van der Waals surface area contributed by atoms with Crippen LogP contribution in [0.5, 0.6) is 11.5 Å². The lowest BCUT2D eigenvalue weighted by atomic mass is 10.1. The van der Waals surface area contributed by atoms with E-state index < -0.39 is 0 Å². The first-order valence-corrected chi connectivity index (χ1v) is 6.70. The summed E-state index contributed by atoms with van der Waals surface area (Å²) in [5, 5.41) is 4.01. The van der Waals surface area contributed by atoms with E-state index in [0.717, 1.165) is 18.8 Å². The van der Waals surface area contributed by atoms with Crippen LogP contribution in [0.3, 0.4) is 0 Å². The van der Waals surface area contributed by atoms with Crippen molar-refractivity contribution in [3.05, 3.63) is 36.0 Å². The van der Waals surface area contributed by atoms with Crippen LogP contribution in [0.15, 0.2) is 28.8 Å². The molecule has 0 amide bonds. The van der Waals surface area contributed by atoms with Crippen LogP contribution >= 0.6 is 0 Å². The molecule has 0 unspecified atom stereocenters. The van der Waals surface area contributed by atoms with Crippen molar-refractivity contribution in [3.8, 4) is 11.5 Å². The molecule has 1 aromatic heterocycles. The molecule has 2 aromatic rings. The zero-order valence-electron chi connectivity index (χ0n) is 10.8. The van der Waals surface area contributed by atoms with Gasteiger partial charge < -0.3 is 18.7 Å². The van der Waals surface area contributed by atoms with Crippen molar-refractivity contribution in [1.29, 1.82) is 0 Å². The molecule has 1 saturated heterocycles. The first-order valence-electron chi connectivity index (χ1n) is 6.70. The molecule has 2 aliphatic rings. The van der Waals surface area contributed by atoms with Gasteiger partial charge in [-0.1, -0.05) is 17.3 Å². The number of ether oxygens (including phenoxy) is 3. The van der Waals surface area contributed by atoms with Crippen molar-refractivity contribution in [1.82, 2.24) is 10.1 Å². The molecule has 1 aromatic carbocycles. The minimum absolute atomic E-state index is 0.202. The zero-order chi connectivity index (χ0) is 13.4. The molecule has 1 fully saturated rings. The lowest BCUT2D eigenvalue weighted by Gasteiger charge is -2.24. The van der Waals surface area contributed by atoms with Gasteiger partial charge in [0.05, 0.1) is 12.5 Å². The minimum Gasteiger partial charge on any atom is -0.485 e. The maximum Gasteiger partial charge on any atom is 0.232 e. The Bertz CT molecular complexity index is 607. The number of para-hydroxylation sites is 2. The Kier molecular flexibility index (Phi) is 2.81. The molecule has 20 heavy (non-hydrogen) atoms. The van der Waals surface area contributed by atoms with Gasteiger partial charge in [0, 0.05) is 6.61 Å². The van der Waals surface area contributed by atoms with Gasteiger partial charge in [-0.15, -0.1) is 0 Å². The van der Waals surface area contributed by atoms with Gasteiger partial charge >= 0.3 is 0 Å². The monoisotopic (exact) mass is 274 g/mol. The van der Waals surface area contributed by atoms with Crippen molar-refractivity contribution in [2.75, 3.05) is 19.8 Å². The summed E-state index contributed by atoms with van der Waals surface area (Å²) >= 11 is 0. The van der Waals surface area contributed by atoms with E-state index in [4.69, 9.17) is 18.7 Å². The Hall–Kier alpha value is -2.08. The predicted molar refractivity (Wildman–Crippen MR) is 67.8 cm³/mol. The molecule has 6 nitrogen and oxygen atoms in total. The summed E-state index contributed by atoms with van der Waals surface area (Å²) in [4.78, 5) is 4.43. The highest BCUT2D eigenvalue weighted by molar-refractivity contribution is 5.40. The second-order valence-corrected chi connectivity index (χ2v) is 4.92. The van der Waals surface area contributed by atoms with E-state index in [1.807, 2.05) is 24.3 Å². The number of hydrogen-bond acceptors (Lipinski definition) is 6. The SMILES string of the molecule is c1ccc2c(c1)OC[C@@H](c1noc([C@H]3CCOC3)n1)O2. The van der Waals surface area contributed by atoms with Crippen LogP contribution in [-0.2, 0) is 4.74 Å². The van der Waals surface area contributed by atoms with E-state index in [1.54, 1.807) is 0 Å². The van der Waals surface area contributed by atoms with Gasteiger partial charge in [-0.2, -0.15) is 4.98 Å². The zero-order valence-corrected chi connectivity index (χ0v) is 10.8. The summed E-state index contributed by atoms with van der Waals surface area (Å²) in [5.74, 6) is 2.81. The molecule has 3 heterocycles. The van der Waals surface area contributed by atoms with Crippen molar-refractivity contribution in [2.45, 2.75) is 18.4 Å². The van der Waals surface area contributed by atoms with Gasteiger partial charge in [-0.3, -0.25) is 0 Å². The van der Waals surface area contributed by atoms with Gasteiger partial charge in [0.1, 0.15) is 6.61 Å². The summed E-state index contributed by atoms with van der Waals surface area (Å²) in [6, 6.07) is 7.56. The van der Waals surface area contributed by atoms with Crippen LogP contribution in [0.2, 0.25) is 0 Å². The Labute approximate surface area is 115 Å². The summed E-state index contributed by atoms with van der Waals surface area (Å²) in [7, 11) is 0. The Morgan fingerprint density at radius 2 is 2.00 bits per heavy atom. The number of fused-ring (bicyclic) bond motifs is 1. The average molecular weight is 274 g/mol. The highest BCUT2D eigenvalue weighted by Gasteiger charge is 2.29. The topological polar surface area (TPSA) is 66.6 Å². The largest absolute Gasteiger partial charge is 0.485 e. The van der Waals surface area contributed by atoms with Crippen molar-refractivity contribution in [2.24, 2.45) is 0 Å². The molecule has 6 heteroatoms. The van der Waals surface area contributed by atoms with Crippen molar-refractivity contribution >= 4 is 0 Å². The van der Waals surface area contributed by atoms with Gasteiger partial charge in [0.15, 0.2) is 17.6 Å². The first kappa shape index (κ1) is 11.7. The molecule has 4 rings (SSSR count). The molecule has 0 radical (unpaired) electrons. The number of hydrogen-bond donors (Lipinski definition) is 0. The third-order valence-corrected chi connectivity index (χ3v) is 3.53. The molecule has 104 valence electrons. The second kappa shape index (κ2) is 4.79. The molecule has 0 aliphatic carbocycles. The van der Waals surface area contributed by atoms with Gasteiger partial charge in [0.2, 0.25) is 11.7 Å². The highest BCUT2D eigenvalue weighted by Crippen LogP contribution is 2.35. The van der Waals surface area contributed by atoms with E-state index in [2.05, 4.69) is 10.1 Å². The molecular weight excluding hydrogens is 260 g/mol. The van der Waals surface area contributed by atoms with Crippen LogP contribution in [-0.4, -0.2) is 30.0 Å². The van der Waals surface area contributed by atoms with Gasteiger partial charge in [-0.25, -0.2) is 0 Å². The third kappa shape index (κ3) is 2.02. The smallest absolute Gasteiger partial charge is 0.232 e. The first-order chi connectivity index (χ1) is 9.90. The average Bonchev–Trinajstić information content (AvgIpc) is 3.17. The number of aromatic nitrogens is 2. The van der Waals surface area contributed by atoms with E-state index in [-0.39, 0.29) is 12.0 Å². The molecule has 0 N–H and O–H groups in total. The highest BCUT2D eigenvalue weighted by atomic mass is 16.6. The Morgan fingerprint density at radius 1 is 1.10 bits per heavy atom. The Morgan fingerprint density at radius 3 is 2.85 bits per heavy atom. The fraction of sp³-hybridized carbons (Fsp3) is 0.429. The molecule has 0 saturated carbocycles. The molecule has 0 bridgehead atoms. The van der Waals surface area contributed by atoms with Gasteiger partial charge in [-0.05, 0) is 18.6 Å². The summed E-state index contributed by atoms with van der Waals surface area (Å²) < 4.78 is 22.1. The fourth-order valence-electron chi connectivity index (χ4n) is 2.42. The summed E-state index contributed by atoms with van der Waals surface area (Å²) in [6.07, 6.45) is 0.594. The normalized spacial score (nSPS) is 24.8. The molecule has 2 aliphatic heterocycles. The number of rotatable bonds is 2. The fourth-order valence-corrected chi connectivity index (χ4v) is 2.42. The third-order valence-electron chi connectivity index (χ3n) is 3.53. The predicted octanol–water partition coefficient (Wildman–Crippen LogP) is 2.09.